The van der Waals surface area contributed by atoms with Gasteiger partial charge < -0.3 is 10.1 Å². The molecule has 1 aromatic rings. The maximum absolute atomic E-state index is 5.64. The molecule has 0 aliphatic rings. The molecular formula is C13H21NO. The molecule has 0 unspecified atom stereocenters. The molecule has 0 amide bonds. The van der Waals surface area contributed by atoms with Gasteiger partial charge in [-0.05, 0) is 20.0 Å². The molecule has 2 heteroatoms. The summed E-state index contributed by atoms with van der Waals surface area (Å²) in [5.74, 6) is 1.00. The number of rotatable bonds is 5. The van der Waals surface area contributed by atoms with Crippen molar-refractivity contribution in [2.24, 2.45) is 0 Å². The lowest BCUT2D eigenvalue weighted by atomic mass is 9.84. The van der Waals surface area contributed by atoms with E-state index >= 15 is 0 Å². The summed E-state index contributed by atoms with van der Waals surface area (Å²) in [7, 11) is 1.98. The average molecular weight is 207 g/mol. The Morgan fingerprint density at radius 3 is 2.53 bits per heavy atom. The van der Waals surface area contributed by atoms with E-state index in [9.17, 15) is 0 Å². The highest BCUT2D eigenvalue weighted by Crippen LogP contribution is 2.30. The van der Waals surface area contributed by atoms with Crippen LogP contribution < -0.4 is 10.1 Å². The number of nitrogens with one attached hydrogen (secondary N) is 1. The fourth-order valence-electron chi connectivity index (χ4n) is 1.84. The Morgan fingerprint density at radius 1 is 1.27 bits per heavy atom. The minimum absolute atomic E-state index is 0.0977. The molecule has 0 saturated carbocycles. The van der Waals surface area contributed by atoms with E-state index < -0.39 is 0 Å². The van der Waals surface area contributed by atoms with Crippen molar-refractivity contribution >= 4 is 0 Å². The van der Waals surface area contributed by atoms with Gasteiger partial charge in [-0.25, -0.2) is 0 Å². The number of hydrogen-bond acceptors (Lipinski definition) is 2. The van der Waals surface area contributed by atoms with E-state index in [0.29, 0.717) is 6.61 Å². The van der Waals surface area contributed by atoms with Gasteiger partial charge >= 0.3 is 0 Å². The Labute approximate surface area is 92.6 Å². The van der Waals surface area contributed by atoms with Crippen LogP contribution in [0.25, 0.3) is 0 Å². The molecule has 0 radical (unpaired) electrons. The maximum Gasteiger partial charge on any atom is 0.123 e. The largest absolute Gasteiger partial charge is 0.494 e. The van der Waals surface area contributed by atoms with Crippen LogP contribution in [0.15, 0.2) is 24.3 Å². The molecule has 1 aromatic carbocycles. The second-order valence-corrected chi connectivity index (χ2v) is 4.34. The fraction of sp³-hybridized carbons (Fsp3) is 0.538. The Balaban J connectivity index is 3.00. The first-order chi connectivity index (χ1) is 7.11. The van der Waals surface area contributed by atoms with Crippen LogP contribution in [0, 0.1) is 0 Å². The topological polar surface area (TPSA) is 21.3 Å². The summed E-state index contributed by atoms with van der Waals surface area (Å²) in [5.41, 5.74) is 1.36. The van der Waals surface area contributed by atoms with E-state index in [1.165, 1.54) is 5.56 Å². The number of likely N-dealkylation sites (N-methyl/N-ethyl adjacent to an activating group) is 1. The van der Waals surface area contributed by atoms with Gasteiger partial charge in [-0.15, -0.1) is 0 Å². The molecule has 0 heterocycles. The minimum Gasteiger partial charge on any atom is -0.494 e. The first-order valence-corrected chi connectivity index (χ1v) is 5.48. The number of benzene rings is 1. The number of para-hydroxylation sites is 1. The van der Waals surface area contributed by atoms with Crippen LogP contribution in [0.2, 0.25) is 0 Å². The predicted molar refractivity (Wildman–Crippen MR) is 64.6 cm³/mol. The van der Waals surface area contributed by atoms with Crippen molar-refractivity contribution in [3.8, 4) is 5.75 Å². The second-order valence-electron chi connectivity index (χ2n) is 4.34. The van der Waals surface area contributed by atoms with E-state index in [1.807, 2.05) is 26.1 Å². The van der Waals surface area contributed by atoms with Crippen molar-refractivity contribution in [1.82, 2.24) is 5.32 Å². The molecule has 1 N–H and O–H groups in total. The molecule has 0 atom stereocenters. The lowest BCUT2D eigenvalue weighted by Gasteiger charge is -2.27. The molecule has 0 fully saturated rings. The minimum atomic E-state index is 0.0977. The summed E-state index contributed by atoms with van der Waals surface area (Å²) >= 11 is 0. The third-order valence-corrected chi connectivity index (χ3v) is 2.53. The summed E-state index contributed by atoms with van der Waals surface area (Å²) in [5, 5.41) is 3.22. The first kappa shape index (κ1) is 12.1. The second kappa shape index (κ2) is 5.17. The third kappa shape index (κ3) is 2.96. The molecule has 0 aliphatic heterocycles. The fourth-order valence-corrected chi connectivity index (χ4v) is 1.84. The van der Waals surface area contributed by atoms with Crippen molar-refractivity contribution in [1.29, 1.82) is 0 Å². The third-order valence-electron chi connectivity index (χ3n) is 2.53. The number of hydrogen-bond donors (Lipinski definition) is 1. The van der Waals surface area contributed by atoms with Gasteiger partial charge in [0, 0.05) is 17.5 Å². The zero-order valence-corrected chi connectivity index (χ0v) is 10.1. The summed E-state index contributed by atoms with van der Waals surface area (Å²) in [6.07, 6.45) is 0. The van der Waals surface area contributed by atoms with E-state index in [2.05, 4.69) is 31.3 Å². The monoisotopic (exact) mass is 207 g/mol. The lowest BCUT2D eigenvalue weighted by molar-refractivity contribution is 0.326. The van der Waals surface area contributed by atoms with E-state index in [0.717, 1.165) is 12.3 Å². The standard InChI is InChI=1S/C13H21NO/c1-5-15-12-9-7-6-8-11(12)13(2,3)10-14-4/h6-9,14H,5,10H2,1-4H3. The van der Waals surface area contributed by atoms with Crippen molar-refractivity contribution < 1.29 is 4.74 Å². The van der Waals surface area contributed by atoms with Gasteiger partial charge in [0.25, 0.3) is 0 Å². The molecule has 0 aromatic heterocycles. The highest BCUT2D eigenvalue weighted by atomic mass is 16.5. The average Bonchev–Trinajstić information content (AvgIpc) is 2.19. The smallest absolute Gasteiger partial charge is 0.123 e. The number of ether oxygens (including phenoxy) is 1. The Hall–Kier alpha value is -1.02. The van der Waals surface area contributed by atoms with E-state index in [4.69, 9.17) is 4.74 Å². The normalized spacial score (nSPS) is 11.5. The van der Waals surface area contributed by atoms with Crippen molar-refractivity contribution in [3.63, 3.8) is 0 Å². The van der Waals surface area contributed by atoms with Crippen LogP contribution in [0.4, 0.5) is 0 Å². The molecule has 0 saturated heterocycles. The summed E-state index contributed by atoms with van der Waals surface area (Å²) in [6, 6.07) is 8.26. The van der Waals surface area contributed by atoms with Crippen LogP contribution in [-0.2, 0) is 5.41 Å². The molecule has 15 heavy (non-hydrogen) atoms. The molecular weight excluding hydrogens is 186 g/mol. The van der Waals surface area contributed by atoms with Gasteiger partial charge in [0.05, 0.1) is 6.61 Å². The predicted octanol–water partition coefficient (Wildman–Crippen LogP) is 2.58. The Morgan fingerprint density at radius 2 is 1.93 bits per heavy atom. The van der Waals surface area contributed by atoms with Gasteiger partial charge in [-0.3, -0.25) is 0 Å². The zero-order chi connectivity index (χ0) is 11.3. The molecule has 2 nitrogen and oxygen atoms in total. The van der Waals surface area contributed by atoms with Crippen LogP contribution in [-0.4, -0.2) is 20.2 Å². The SMILES string of the molecule is CCOc1ccccc1C(C)(C)CNC. The quantitative estimate of drug-likeness (QED) is 0.801. The van der Waals surface area contributed by atoms with Gasteiger partial charge in [0.15, 0.2) is 0 Å². The van der Waals surface area contributed by atoms with Crippen LogP contribution in [0.3, 0.4) is 0 Å². The molecule has 0 spiro atoms. The highest BCUT2D eigenvalue weighted by Gasteiger charge is 2.23. The lowest BCUT2D eigenvalue weighted by Crippen LogP contribution is -2.31. The molecule has 84 valence electrons. The summed E-state index contributed by atoms with van der Waals surface area (Å²) in [4.78, 5) is 0. The van der Waals surface area contributed by atoms with Gasteiger partial charge in [0.2, 0.25) is 0 Å². The van der Waals surface area contributed by atoms with Crippen molar-refractivity contribution in [2.45, 2.75) is 26.2 Å². The zero-order valence-electron chi connectivity index (χ0n) is 10.1. The van der Waals surface area contributed by atoms with Crippen molar-refractivity contribution in [3.05, 3.63) is 29.8 Å². The van der Waals surface area contributed by atoms with E-state index in [1.54, 1.807) is 0 Å². The highest BCUT2D eigenvalue weighted by molar-refractivity contribution is 5.39. The molecule has 0 aliphatic carbocycles. The van der Waals surface area contributed by atoms with Gasteiger partial charge in [-0.1, -0.05) is 32.0 Å². The molecule has 0 bridgehead atoms. The summed E-state index contributed by atoms with van der Waals surface area (Å²) in [6.45, 7) is 8.12. The van der Waals surface area contributed by atoms with Crippen molar-refractivity contribution in [2.75, 3.05) is 20.2 Å². The Bertz CT molecular complexity index is 307. The maximum atomic E-state index is 5.64. The van der Waals surface area contributed by atoms with Crippen LogP contribution in [0.1, 0.15) is 26.3 Å². The van der Waals surface area contributed by atoms with Crippen LogP contribution >= 0.6 is 0 Å². The van der Waals surface area contributed by atoms with Crippen LogP contribution in [0.5, 0.6) is 5.75 Å². The van der Waals surface area contributed by atoms with Gasteiger partial charge in [0.1, 0.15) is 5.75 Å². The first-order valence-electron chi connectivity index (χ1n) is 5.48. The Kier molecular flexibility index (Phi) is 4.15. The summed E-state index contributed by atoms with van der Waals surface area (Å²) < 4.78 is 5.64. The molecule has 1 rings (SSSR count). The van der Waals surface area contributed by atoms with Gasteiger partial charge in [-0.2, -0.15) is 0 Å². The van der Waals surface area contributed by atoms with E-state index in [-0.39, 0.29) is 5.41 Å².